The molecule has 0 atom stereocenters. The number of aromatic nitrogens is 1. The Morgan fingerprint density at radius 3 is 2.38 bits per heavy atom. The van der Waals surface area contributed by atoms with E-state index in [-0.39, 0.29) is 17.4 Å². The van der Waals surface area contributed by atoms with E-state index in [1.807, 2.05) is 6.07 Å². The molecule has 9 heteroatoms. The number of carbonyl (C=O) groups is 3. The Hall–Kier alpha value is -3.72. The molecule has 0 aliphatic carbocycles. The van der Waals surface area contributed by atoms with Gasteiger partial charge in [0.25, 0.3) is 0 Å². The molecule has 1 aromatic heterocycles. The second-order valence-electron chi connectivity index (χ2n) is 6.59. The van der Waals surface area contributed by atoms with Crippen LogP contribution in [0, 0.1) is 0 Å². The van der Waals surface area contributed by atoms with Crippen molar-refractivity contribution in [3.63, 3.8) is 0 Å². The second-order valence-corrected chi connectivity index (χ2v) is 7.44. The average molecular weight is 455 g/mol. The van der Waals surface area contributed by atoms with Crippen LogP contribution in [0.2, 0.25) is 0 Å². The van der Waals surface area contributed by atoms with Crippen molar-refractivity contribution < 1.29 is 28.6 Å². The normalized spacial score (nSPS) is 10.3. The van der Waals surface area contributed by atoms with Crippen molar-refractivity contribution in [1.82, 2.24) is 4.98 Å². The number of ether oxygens (including phenoxy) is 3. The van der Waals surface area contributed by atoms with Crippen molar-refractivity contribution in [3.8, 4) is 22.1 Å². The van der Waals surface area contributed by atoms with Gasteiger partial charge in [-0.25, -0.2) is 9.78 Å². The highest BCUT2D eigenvalue weighted by Crippen LogP contribution is 2.33. The predicted octanol–water partition coefficient (Wildman–Crippen LogP) is 4.22. The first-order valence-electron chi connectivity index (χ1n) is 9.73. The van der Waals surface area contributed by atoms with Crippen LogP contribution in [-0.4, -0.2) is 43.5 Å². The number of esters is 1. The molecule has 166 valence electrons. The Morgan fingerprint density at radius 2 is 1.72 bits per heavy atom. The quantitative estimate of drug-likeness (QED) is 0.381. The molecule has 3 aromatic rings. The Kier molecular flexibility index (Phi) is 7.56. The van der Waals surface area contributed by atoms with Crippen LogP contribution in [0.1, 0.15) is 34.2 Å². The number of ketones is 1. The molecule has 0 fully saturated rings. The van der Waals surface area contributed by atoms with Crippen LogP contribution in [0.25, 0.3) is 10.6 Å². The fourth-order valence-corrected chi connectivity index (χ4v) is 3.53. The largest absolute Gasteiger partial charge is 0.493 e. The molecule has 0 saturated carbocycles. The number of thiazole rings is 1. The minimum absolute atomic E-state index is 0.116. The lowest BCUT2D eigenvalue weighted by atomic mass is 10.1. The van der Waals surface area contributed by atoms with Crippen molar-refractivity contribution >= 4 is 34.7 Å². The van der Waals surface area contributed by atoms with Gasteiger partial charge in [0.2, 0.25) is 5.91 Å². The topological polar surface area (TPSA) is 104 Å². The van der Waals surface area contributed by atoms with E-state index in [4.69, 9.17) is 14.2 Å². The van der Waals surface area contributed by atoms with Gasteiger partial charge in [0.1, 0.15) is 5.01 Å². The predicted molar refractivity (Wildman–Crippen MR) is 121 cm³/mol. The molecule has 0 saturated heterocycles. The summed E-state index contributed by atoms with van der Waals surface area (Å²) in [5, 5.41) is 4.88. The smallest absolute Gasteiger partial charge is 0.358 e. The van der Waals surface area contributed by atoms with Gasteiger partial charge in [-0.05, 0) is 42.5 Å². The molecule has 0 aliphatic rings. The molecular formula is C23H22N2O6S. The lowest BCUT2D eigenvalue weighted by Crippen LogP contribution is -2.15. The van der Waals surface area contributed by atoms with Crippen molar-refractivity contribution in [2.75, 3.05) is 26.1 Å². The number of hydrogen-bond acceptors (Lipinski definition) is 8. The molecule has 8 nitrogen and oxygen atoms in total. The number of hydrogen-bond donors (Lipinski definition) is 1. The summed E-state index contributed by atoms with van der Waals surface area (Å²) in [6.07, 6.45) is 0.362. The van der Waals surface area contributed by atoms with Crippen molar-refractivity contribution in [2.45, 2.75) is 13.3 Å². The number of methoxy groups -OCH3 is 2. The first-order valence-corrected chi connectivity index (χ1v) is 10.6. The lowest BCUT2D eigenvalue weighted by Gasteiger charge is -2.08. The highest BCUT2D eigenvalue weighted by atomic mass is 32.1. The van der Waals surface area contributed by atoms with E-state index in [2.05, 4.69) is 10.3 Å². The van der Waals surface area contributed by atoms with E-state index in [9.17, 15) is 14.4 Å². The third-order valence-electron chi connectivity index (χ3n) is 4.49. The minimum atomic E-state index is -0.687. The van der Waals surface area contributed by atoms with Gasteiger partial charge >= 0.3 is 5.97 Å². The zero-order valence-electron chi connectivity index (χ0n) is 17.8. The van der Waals surface area contributed by atoms with Gasteiger partial charge in [0, 0.05) is 28.6 Å². The van der Waals surface area contributed by atoms with Crippen LogP contribution in [0.5, 0.6) is 11.5 Å². The van der Waals surface area contributed by atoms with E-state index >= 15 is 0 Å². The van der Waals surface area contributed by atoms with Crippen LogP contribution >= 0.6 is 11.3 Å². The molecule has 0 spiro atoms. The fraction of sp³-hybridized carbons (Fsp3) is 0.217. The van der Waals surface area contributed by atoms with Crippen LogP contribution in [-0.2, 0) is 9.53 Å². The maximum absolute atomic E-state index is 12.3. The van der Waals surface area contributed by atoms with Crippen LogP contribution < -0.4 is 14.8 Å². The number of Topliss-reactive ketones (excluding diaryl/α,β-unsaturated/α-hetero) is 1. The first kappa shape index (κ1) is 23.0. The van der Waals surface area contributed by atoms with Crippen LogP contribution in [0.15, 0.2) is 47.8 Å². The third kappa shape index (κ3) is 5.50. The Morgan fingerprint density at radius 1 is 1.00 bits per heavy atom. The molecule has 1 heterocycles. The highest BCUT2D eigenvalue weighted by Gasteiger charge is 2.17. The summed E-state index contributed by atoms with van der Waals surface area (Å²) >= 11 is 1.27. The van der Waals surface area contributed by atoms with Gasteiger partial charge in [-0.1, -0.05) is 6.92 Å². The summed E-state index contributed by atoms with van der Waals surface area (Å²) in [6.45, 7) is 1.34. The molecule has 2 aromatic carbocycles. The summed E-state index contributed by atoms with van der Waals surface area (Å²) in [4.78, 5) is 40.4. The van der Waals surface area contributed by atoms with Crippen molar-refractivity contribution in [2.24, 2.45) is 0 Å². The Labute approximate surface area is 189 Å². The SMILES string of the molecule is CCC(=O)Nc1ccc(C(=O)COC(=O)c2csc(-c3ccc(OC)c(OC)c3)n2)cc1. The molecule has 0 unspecified atom stereocenters. The monoisotopic (exact) mass is 454 g/mol. The zero-order chi connectivity index (χ0) is 23.1. The molecule has 0 bridgehead atoms. The highest BCUT2D eigenvalue weighted by molar-refractivity contribution is 7.13. The van der Waals surface area contributed by atoms with E-state index in [0.717, 1.165) is 5.56 Å². The molecule has 0 aliphatic heterocycles. The van der Waals surface area contributed by atoms with Crippen LogP contribution in [0.3, 0.4) is 0 Å². The summed E-state index contributed by atoms with van der Waals surface area (Å²) in [5.74, 6) is -0.0223. The third-order valence-corrected chi connectivity index (χ3v) is 5.38. The van der Waals surface area contributed by atoms with Gasteiger partial charge in [-0.3, -0.25) is 9.59 Å². The maximum atomic E-state index is 12.3. The fourth-order valence-electron chi connectivity index (χ4n) is 2.75. The summed E-state index contributed by atoms with van der Waals surface area (Å²) in [6, 6.07) is 11.7. The maximum Gasteiger partial charge on any atom is 0.358 e. The lowest BCUT2D eigenvalue weighted by molar-refractivity contribution is -0.115. The molecule has 0 radical (unpaired) electrons. The molecule has 1 amide bonds. The van der Waals surface area contributed by atoms with E-state index in [0.29, 0.717) is 34.2 Å². The standard InChI is InChI=1S/C23H22N2O6S/c1-4-21(27)24-16-8-5-14(6-9-16)18(26)12-31-23(28)17-13-32-22(25-17)15-7-10-19(29-2)20(11-15)30-3/h5-11,13H,4,12H2,1-3H3,(H,24,27). The number of nitrogens with zero attached hydrogens (tertiary/aromatic N) is 1. The summed E-state index contributed by atoms with van der Waals surface area (Å²) in [7, 11) is 3.09. The van der Waals surface area contributed by atoms with Gasteiger partial charge in [-0.2, -0.15) is 0 Å². The summed E-state index contributed by atoms with van der Waals surface area (Å²) in [5.41, 5.74) is 1.84. The van der Waals surface area contributed by atoms with Crippen molar-refractivity contribution in [3.05, 3.63) is 59.1 Å². The van der Waals surface area contributed by atoms with Crippen molar-refractivity contribution in [1.29, 1.82) is 0 Å². The molecule has 1 N–H and O–H groups in total. The summed E-state index contributed by atoms with van der Waals surface area (Å²) < 4.78 is 15.6. The zero-order valence-corrected chi connectivity index (χ0v) is 18.7. The van der Waals surface area contributed by atoms with E-state index in [1.165, 1.54) is 18.4 Å². The number of amides is 1. The Balaban J connectivity index is 1.60. The second kappa shape index (κ2) is 10.5. The van der Waals surface area contributed by atoms with Gasteiger partial charge in [0.05, 0.1) is 14.2 Å². The average Bonchev–Trinajstić information content (AvgIpc) is 3.32. The minimum Gasteiger partial charge on any atom is -0.493 e. The number of carbonyl (C=O) groups excluding carboxylic acids is 3. The number of rotatable bonds is 9. The Bertz CT molecular complexity index is 1120. The number of nitrogens with one attached hydrogen (secondary N) is 1. The van der Waals surface area contributed by atoms with E-state index in [1.54, 1.807) is 55.8 Å². The number of anilines is 1. The van der Waals surface area contributed by atoms with Gasteiger partial charge < -0.3 is 19.5 Å². The van der Waals surface area contributed by atoms with Gasteiger partial charge in [-0.15, -0.1) is 11.3 Å². The molecule has 32 heavy (non-hydrogen) atoms. The van der Waals surface area contributed by atoms with E-state index < -0.39 is 12.6 Å². The van der Waals surface area contributed by atoms with Crippen LogP contribution in [0.4, 0.5) is 5.69 Å². The first-order chi connectivity index (χ1) is 15.4. The number of benzene rings is 2. The molecule has 3 rings (SSSR count). The molecular weight excluding hydrogens is 432 g/mol. The van der Waals surface area contributed by atoms with Gasteiger partial charge in [0.15, 0.2) is 29.6 Å².